The number of hydrogen-bond acceptors (Lipinski definition) is 5. The van der Waals surface area contributed by atoms with E-state index >= 15 is 0 Å². The van der Waals surface area contributed by atoms with Crippen molar-refractivity contribution in [1.29, 1.82) is 5.26 Å². The maximum Gasteiger partial charge on any atom is 0.271 e. The SMILES string of the molecule is Cc1cccc(N=Cc2c(C)c(C#N)c(=O)n(Cc3cccnc3)c2O)c1. The van der Waals surface area contributed by atoms with E-state index in [0.717, 1.165) is 16.8 Å². The van der Waals surface area contributed by atoms with Gasteiger partial charge in [-0.3, -0.25) is 19.3 Å². The van der Waals surface area contributed by atoms with Gasteiger partial charge >= 0.3 is 0 Å². The maximum absolute atomic E-state index is 12.6. The van der Waals surface area contributed by atoms with Crippen molar-refractivity contribution in [2.24, 2.45) is 4.99 Å². The average molecular weight is 358 g/mol. The molecule has 0 unspecified atom stereocenters. The fourth-order valence-corrected chi connectivity index (χ4v) is 2.79. The van der Waals surface area contributed by atoms with Crippen molar-refractivity contribution < 1.29 is 5.11 Å². The van der Waals surface area contributed by atoms with Gasteiger partial charge in [-0.25, -0.2) is 0 Å². The van der Waals surface area contributed by atoms with Gasteiger partial charge in [-0.15, -0.1) is 0 Å². The summed E-state index contributed by atoms with van der Waals surface area (Å²) >= 11 is 0. The van der Waals surface area contributed by atoms with Gasteiger partial charge in [-0.05, 0) is 48.7 Å². The van der Waals surface area contributed by atoms with Crippen LogP contribution in [0.1, 0.15) is 27.8 Å². The molecular weight excluding hydrogens is 340 g/mol. The van der Waals surface area contributed by atoms with E-state index in [0.29, 0.717) is 11.1 Å². The molecule has 2 heterocycles. The molecule has 0 spiro atoms. The highest BCUT2D eigenvalue weighted by Crippen LogP contribution is 2.22. The first kappa shape index (κ1) is 18.1. The van der Waals surface area contributed by atoms with Crippen LogP contribution in [0, 0.1) is 25.2 Å². The molecule has 0 saturated heterocycles. The second-order valence-electron chi connectivity index (χ2n) is 6.20. The molecule has 134 valence electrons. The van der Waals surface area contributed by atoms with Gasteiger partial charge in [-0.1, -0.05) is 18.2 Å². The fraction of sp³-hybridized carbons (Fsp3) is 0.143. The lowest BCUT2D eigenvalue weighted by Crippen LogP contribution is -2.26. The lowest BCUT2D eigenvalue weighted by molar-refractivity contribution is 0.413. The van der Waals surface area contributed by atoms with Gasteiger partial charge in [0.15, 0.2) is 0 Å². The number of benzene rings is 1. The van der Waals surface area contributed by atoms with Gasteiger partial charge in [0.2, 0.25) is 5.88 Å². The summed E-state index contributed by atoms with van der Waals surface area (Å²) in [5.41, 5.74) is 2.72. The average Bonchev–Trinajstić information content (AvgIpc) is 2.66. The van der Waals surface area contributed by atoms with Crippen LogP contribution in [-0.4, -0.2) is 20.9 Å². The Morgan fingerprint density at radius 2 is 2.11 bits per heavy atom. The lowest BCUT2D eigenvalue weighted by Gasteiger charge is -2.14. The van der Waals surface area contributed by atoms with Crippen LogP contribution in [-0.2, 0) is 6.54 Å². The molecule has 3 aromatic rings. The molecule has 0 atom stereocenters. The van der Waals surface area contributed by atoms with Crippen LogP contribution in [0.4, 0.5) is 5.69 Å². The summed E-state index contributed by atoms with van der Waals surface area (Å²) < 4.78 is 1.17. The Bertz CT molecular complexity index is 1110. The summed E-state index contributed by atoms with van der Waals surface area (Å²) in [5.74, 6) is -0.225. The molecule has 1 N–H and O–H groups in total. The van der Waals surface area contributed by atoms with Crippen LogP contribution in [0.25, 0.3) is 0 Å². The highest BCUT2D eigenvalue weighted by molar-refractivity contribution is 5.87. The predicted octanol–water partition coefficient (Wildman–Crippen LogP) is 3.24. The topological polar surface area (TPSA) is 91.3 Å². The van der Waals surface area contributed by atoms with E-state index in [9.17, 15) is 15.2 Å². The largest absolute Gasteiger partial charge is 0.494 e. The molecule has 0 radical (unpaired) electrons. The van der Waals surface area contributed by atoms with Gasteiger partial charge in [0.25, 0.3) is 5.56 Å². The molecule has 0 fully saturated rings. The summed E-state index contributed by atoms with van der Waals surface area (Å²) in [4.78, 5) is 21.0. The number of aliphatic imine (C=N–C) groups is 1. The number of nitriles is 1. The fourth-order valence-electron chi connectivity index (χ4n) is 2.79. The zero-order chi connectivity index (χ0) is 19.4. The Hall–Kier alpha value is -3.72. The van der Waals surface area contributed by atoms with Crippen molar-refractivity contribution in [3.05, 3.63) is 87.0 Å². The number of hydrogen-bond donors (Lipinski definition) is 1. The minimum atomic E-state index is -0.538. The molecule has 0 aliphatic rings. The van der Waals surface area contributed by atoms with Crippen LogP contribution >= 0.6 is 0 Å². The third-order valence-electron chi connectivity index (χ3n) is 4.25. The molecule has 0 aliphatic heterocycles. The van der Waals surface area contributed by atoms with E-state index in [1.165, 1.54) is 10.8 Å². The molecule has 0 saturated carbocycles. The molecule has 0 aliphatic carbocycles. The Balaban J connectivity index is 2.12. The monoisotopic (exact) mass is 358 g/mol. The Morgan fingerprint density at radius 1 is 1.30 bits per heavy atom. The standard InChI is InChI=1S/C21H18N4O2/c1-14-5-3-7-17(9-14)24-12-19-15(2)18(10-22)20(26)25(21(19)27)13-16-6-4-8-23-11-16/h3-9,11-12,27H,13H2,1-2H3. The van der Waals surface area contributed by atoms with Crippen molar-refractivity contribution in [2.75, 3.05) is 0 Å². The van der Waals surface area contributed by atoms with Gasteiger partial charge in [0.1, 0.15) is 11.6 Å². The van der Waals surface area contributed by atoms with E-state index in [-0.39, 0.29) is 18.0 Å². The number of rotatable bonds is 4. The number of aryl methyl sites for hydroxylation is 1. The highest BCUT2D eigenvalue weighted by Gasteiger charge is 2.18. The van der Waals surface area contributed by atoms with Crippen LogP contribution in [0.2, 0.25) is 0 Å². The van der Waals surface area contributed by atoms with Crippen LogP contribution in [0.3, 0.4) is 0 Å². The Kier molecular flexibility index (Phi) is 5.13. The molecule has 0 amide bonds. The van der Waals surface area contributed by atoms with Crippen molar-refractivity contribution in [3.8, 4) is 11.9 Å². The minimum absolute atomic E-state index is 0.0117. The van der Waals surface area contributed by atoms with Crippen LogP contribution in [0.15, 0.2) is 58.6 Å². The van der Waals surface area contributed by atoms with Crippen molar-refractivity contribution in [1.82, 2.24) is 9.55 Å². The van der Waals surface area contributed by atoms with Gasteiger partial charge < -0.3 is 5.11 Å². The first-order valence-electron chi connectivity index (χ1n) is 8.37. The molecule has 27 heavy (non-hydrogen) atoms. The van der Waals surface area contributed by atoms with Crippen molar-refractivity contribution >= 4 is 11.9 Å². The number of nitrogens with zero attached hydrogens (tertiary/aromatic N) is 4. The first-order chi connectivity index (χ1) is 13.0. The zero-order valence-electron chi connectivity index (χ0n) is 15.0. The van der Waals surface area contributed by atoms with Gasteiger partial charge in [-0.2, -0.15) is 5.26 Å². The number of aromatic nitrogens is 2. The van der Waals surface area contributed by atoms with Crippen LogP contribution < -0.4 is 5.56 Å². The molecular formula is C21H18N4O2. The van der Waals surface area contributed by atoms with Crippen molar-refractivity contribution in [3.63, 3.8) is 0 Å². The number of aromatic hydroxyl groups is 1. The number of pyridine rings is 2. The van der Waals surface area contributed by atoms with E-state index in [4.69, 9.17) is 0 Å². The minimum Gasteiger partial charge on any atom is -0.494 e. The molecule has 1 aromatic carbocycles. The summed E-state index contributed by atoms with van der Waals surface area (Å²) in [7, 11) is 0. The molecule has 6 heteroatoms. The molecule has 2 aromatic heterocycles. The Morgan fingerprint density at radius 3 is 2.78 bits per heavy atom. The van der Waals surface area contributed by atoms with Crippen LogP contribution in [0.5, 0.6) is 5.88 Å². The van der Waals surface area contributed by atoms with E-state index in [1.807, 2.05) is 37.3 Å². The first-order valence-corrected chi connectivity index (χ1v) is 8.37. The lowest BCUT2D eigenvalue weighted by atomic mass is 10.1. The predicted molar refractivity (Wildman–Crippen MR) is 104 cm³/mol. The van der Waals surface area contributed by atoms with E-state index < -0.39 is 5.56 Å². The van der Waals surface area contributed by atoms with E-state index in [2.05, 4.69) is 9.98 Å². The second kappa shape index (κ2) is 7.67. The summed E-state index contributed by atoms with van der Waals surface area (Å²) in [5, 5.41) is 20.1. The molecule has 0 bridgehead atoms. The maximum atomic E-state index is 12.6. The highest BCUT2D eigenvalue weighted by atomic mass is 16.3. The summed E-state index contributed by atoms with van der Waals surface area (Å²) in [6.45, 7) is 3.70. The van der Waals surface area contributed by atoms with E-state index in [1.54, 1.807) is 31.5 Å². The third kappa shape index (κ3) is 3.77. The van der Waals surface area contributed by atoms with Crippen molar-refractivity contribution in [2.45, 2.75) is 20.4 Å². The van der Waals surface area contributed by atoms with Gasteiger partial charge in [0, 0.05) is 18.6 Å². The van der Waals surface area contributed by atoms with Gasteiger partial charge in [0.05, 0.1) is 17.8 Å². The molecule has 3 rings (SSSR count). The smallest absolute Gasteiger partial charge is 0.271 e. The third-order valence-corrected chi connectivity index (χ3v) is 4.25. The second-order valence-corrected chi connectivity index (χ2v) is 6.20. The summed E-state index contributed by atoms with van der Waals surface area (Å²) in [6.07, 6.45) is 4.72. The zero-order valence-corrected chi connectivity index (χ0v) is 15.0. The Labute approximate surface area is 156 Å². The molecule has 6 nitrogen and oxygen atoms in total. The normalized spacial score (nSPS) is 10.9. The quantitative estimate of drug-likeness (QED) is 0.725. The summed E-state index contributed by atoms with van der Waals surface area (Å²) in [6, 6.07) is 13.1.